The second-order valence-electron chi connectivity index (χ2n) is 7.14. The molecular formula is C20H21N3O6S. The summed E-state index contributed by atoms with van der Waals surface area (Å²) in [7, 11) is -2.14. The molecule has 2 aromatic carbocycles. The van der Waals surface area contributed by atoms with Crippen molar-refractivity contribution in [2.24, 2.45) is 0 Å². The van der Waals surface area contributed by atoms with Gasteiger partial charge in [-0.25, -0.2) is 13.2 Å². The number of imide groups is 1. The van der Waals surface area contributed by atoms with Crippen molar-refractivity contribution in [1.82, 2.24) is 14.9 Å². The number of benzene rings is 2. The van der Waals surface area contributed by atoms with Gasteiger partial charge in [0.1, 0.15) is 22.8 Å². The molecule has 2 fully saturated rings. The number of piperidine rings is 1. The van der Waals surface area contributed by atoms with Gasteiger partial charge in [0.15, 0.2) is 0 Å². The highest BCUT2D eigenvalue weighted by Gasteiger charge is 2.49. The minimum atomic E-state index is -3.72. The van der Waals surface area contributed by atoms with E-state index < -0.39 is 27.5 Å². The van der Waals surface area contributed by atoms with Gasteiger partial charge >= 0.3 is 6.03 Å². The van der Waals surface area contributed by atoms with Crippen LogP contribution in [0.1, 0.15) is 12.8 Å². The highest BCUT2D eigenvalue weighted by Crippen LogP contribution is 2.30. The van der Waals surface area contributed by atoms with Gasteiger partial charge in [-0.05, 0) is 61.4 Å². The first kappa shape index (κ1) is 20.2. The Morgan fingerprint density at radius 2 is 1.43 bits per heavy atom. The Morgan fingerprint density at radius 3 is 1.93 bits per heavy atom. The van der Waals surface area contributed by atoms with Gasteiger partial charge in [0.05, 0.1) is 12.0 Å². The molecule has 2 aliphatic heterocycles. The lowest BCUT2D eigenvalue weighted by Crippen LogP contribution is -2.55. The fraction of sp³-hybridized carbons (Fsp3) is 0.300. The Morgan fingerprint density at radius 1 is 0.900 bits per heavy atom. The van der Waals surface area contributed by atoms with Crippen LogP contribution in [0.15, 0.2) is 53.4 Å². The van der Waals surface area contributed by atoms with Crippen LogP contribution >= 0.6 is 0 Å². The Kier molecular flexibility index (Phi) is 5.12. The van der Waals surface area contributed by atoms with Crippen LogP contribution in [0.25, 0.3) is 0 Å². The number of carbonyl (C=O) groups is 2. The fourth-order valence-electron chi connectivity index (χ4n) is 3.60. The van der Waals surface area contributed by atoms with Gasteiger partial charge in [-0.3, -0.25) is 10.1 Å². The average molecular weight is 431 g/mol. The Hall–Kier alpha value is -3.11. The quantitative estimate of drug-likeness (QED) is 0.699. The third kappa shape index (κ3) is 3.71. The molecule has 0 aliphatic carbocycles. The number of hydrogen-bond donors (Lipinski definition) is 2. The molecule has 3 amide bonds. The van der Waals surface area contributed by atoms with E-state index in [4.69, 9.17) is 9.47 Å². The van der Waals surface area contributed by atoms with Gasteiger partial charge in [-0.2, -0.15) is 4.31 Å². The molecular weight excluding hydrogens is 410 g/mol. The van der Waals surface area contributed by atoms with Crippen LogP contribution in [-0.2, 0) is 14.8 Å². The molecule has 0 radical (unpaired) electrons. The fourth-order valence-corrected chi connectivity index (χ4v) is 5.04. The summed E-state index contributed by atoms with van der Waals surface area (Å²) < 4.78 is 38.1. The van der Waals surface area contributed by atoms with Crippen molar-refractivity contribution in [3.8, 4) is 17.2 Å². The summed E-state index contributed by atoms with van der Waals surface area (Å²) in [6.45, 7) is 0.278. The number of nitrogens with one attached hydrogen (secondary N) is 2. The predicted octanol–water partition coefficient (Wildman–Crippen LogP) is 1.85. The molecule has 4 rings (SSSR count). The minimum absolute atomic E-state index is 0.139. The average Bonchev–Trinajstić information content (AvgIpc) is 3.01. The number of hydrogen-bond acceptors (Lipinski definition) is 6. The molecule has 0 aromatic heterocycles. The second-order valence-corrected chi connectivity index (χ2v) is 9.08. The van der Waals surface area contributed by atoms with E-state index >= 15 is 0 Å². The Bertz CT molecular complexity index is 1060. The Balaban J connectivity index is 1.43. The number of carbonyl (C=O) groups excluding carboxylic acids is 2. The number of methoxy groups -OCH3 is 1. The smallest absolute Gasteiger partial charge is 0.322 e. The highest BCUT2D eigenvalue weighted by molar-refractivity contribution is 7.89. The first-order valence-electron chi connectivity index (χ1n) is 9.38. The van der Waals surface area contributed by atoms with E-state index in [0.29, 0.717) is 17.2 Å². The summed E-state index contributed by atoms with van der Waals surface area (Å²) in [5.74, 6) is 1.41. The molecule has 1 spiro atoms. The van der Waals surface area contributed by atoms with Crippen molar-refractivity contribution < 1.29 is 27.5 Å². The SMILES string of the molecule is COc1ccc(Oc2ccc(S(=O)(=O)N3CCC4(CC3)NC(=O)NC4=O)cc2)cc1. The maximum Gasteiger partial charge on any atom is 0.322 e. The highest BCUT2D eigenvalue weighted by atomic mass is 32.2. The monoisotopic (exact) mass is 431 g/mol. The van der Waals surface area contributed by atoms with Crippen molar-refractivity contribution in [2.75, 3.05) is 20.2 Å². The molecule has 2 saturated heterocycles. The zero-order valence-electron chi connectivity index (χ0n) is 16.3. The number of amides is 3. The maximum atomic E-state index is 13.0. The zero-order valence-corrected chi connectivity index (χ0v) is 17.1. The van der Waals surface area contributed by atoms with Crippen LogP contribution < -0.4 is 20.1 Å². The van der Waals surface area contributed by atoms with Crippen LogP contribution in [0.4, 0.5) is 4.79 Å². The molecule has 2 aromatic rings. The molecule has 0 saturated carbocycles. The Labute approximate surface area is 174 Å². The largest absolute Gasteiger partial charge is 0.497 e. The first-order chi connectivity index (χ1) is 14.3. The number of urea groups is 1. The molecule has 0 bridgehead atoms. The van der Waals surface area contributed by atoms with Crippen molar-refractivity contribution in [1.29, 1.82) is 0 Å². The van der Waals surface area contributed by atoms with Crippen molar-refractivity contribution in [2.45, 2.75) is 23.3 Å². The first-order valence-corrected chi connectivity index (χ1v) is 10.8. The van der Waals surface area contributed by atoms with Crippen LogP contribution in [0.5, 0.6) is 17.2 Å². The third-order valence-corrected chi connectivity index (χ3v) is 7.26. The number of sulfonamides is 1. The topological polar surface area (TPSA) is 114 Å². The summed E-state index contributed by atoms with van der Waals surface area (Å²) in [5, 5.41) is 4.84. The molecule has 2 N–H and O–H groups in total. The molecule has 30 heavy (non-hydrogen) atoms. The molecule has 2 aliphatic rings. The van der Waals surface area contributed by atoms with Gasteiger partial charge in [-0.1, -0.05) is 0 Å². The third-order valence-electron chi connectivity index (χ3n) is 5.35. The van der Waals surface area contributed by atoms with E-state index in [9.17, 15) is 18.0 Å². The number of nitrogens with zero attached hydrogens (tertiary/aromatic N) is 1. The van der Waals surface area contributed by atoms with Gasteiger partial charge in [0.2, 0.25) is 10.0 Å². The number of rotatable bonds is 5. The van der Waals surface area contributed by atoms with E-state index in [-0.39, 0.29) is 30.8 Å². The van der Waals surface area contributed by atoms with Gasteiger partial charge in [-0.15, -0.1) is 0 Å². The van der Waals surface area contributed by atoms with Crippen molar-refractivity contribution >= 4 is 22.0 Å². The normalized spacial score (nSPS) is 18.7. The molecule has 10 heteroatoms. The standard InChI is InChI=1S/C20H21N3O6S/c1-28-14-2-4-15(5-3-14)29-16-6-8-17(9-7-16)30(26,27)23-12-10-20(11-13-23)18(24)21-19(25)22-20/h2-9H,10-13H2,1H3,(H2,21,22,24,25). The van der Waals surface area contributed by atoms with Gasteiger partial charge in [0.25, 0.3) is 5.91 Å². The van der Waals surface area contributed by atoms with E-state index in [1.807, 2.05) is 0 Å². The molecule has 158 valence electrons. The maximum absolute atomic E-state index is 13.0. The predicted molar refractivity (Wildman–Crippen MR) is 107 cm³/mol. The second kappa shape index (κ2) is 7.62. The summed E-state index contributed by atoms with van der Waals surface area (Å²) in [5.41, 5.74) is -1.01. The lowest BCUT2D eigenvalue weighted by atomic mass is 9.89. The summed E-state index contributed by atoms with van der Waals surface area (Å²) in [4.78, 5) is 23.6. The van der Waals surface area contributed by atoms with Gasteiger partial charge in [0, 0.05) is 13.1 Å². The lowest BCUT2D eigenvalue weighted by molar-refractivity contribution is -0.125. The van der Waals surface area contributed by atoms with Crippen LogP contribution in [0.2, 0.25) is 0 Å². The van der Waals surface area contributed by atoms with Crippen molar-refractivity contribution in [3.63, 3.8) is 0 Å². The van der Waals surface area contributed by atoms with Crippen LogP contribution in [0.3, 0.4) is 0 Å². The van der Waals surface area contributed by atoms with Crippen molar-refractivity contribution in [3.05, 3.63) is 48.5 Å². The van der Waals surface area contributed by atoms with E-state index in [1.165, 1.54) is 16.4 Å². The van der Waals surface area contributed by atoms with Gasteiger partial charge < -0.3 is 14.8 Å². The van der Waals surface area contributed by atoms with Crippen LogP contribution in [0, 0.1) is 0 Å². The summed E-state index contributed by atoms with van der Waals surface area (Å²) in [6.07, 6.45) is 0.449. The minimum Gasteiger partial charge on any atom is -0.497 e. The summed E-state index contributed by atoms with van der Waals surface area (Å²) in [6, 6.07) is 12.7. The van der Waals surface area contributed by atoms with Crippen LogP contribution in [-0.4, -0.2) is 50.4 Å². The molecule has 0 unspecified atom stereocenters. The number of ether oxygens (including phenoxy) is 2. The molecule has 9 nitrogen and oxygen atoms in total. The van der Waals surface area contributed by atoms with E-state index in [1.54, 1.807) is 43.5 Å². The molecule has 2 heterocycles. The lowest BCUT2D eigenvalue weighted by Gasteiger charge is -2.36. The van der Waals surface area contributed by atoms with E-state index in [0.717, 1.165) is 0 Å². The van der Waals surface area contributed by atoms with E-state index in [2.05, 4.69) is 10.6 Å². The zero-order chi connectivity index (χ0) is 21.4. The summed E-state index contributed by atoms with van der Waals surface area (Å²) >= 11 is 0. The molecule has 0 atom stereocenters.